The predicted molar refractivity (Wildman–Crippen MR) is 84.2 cm³/mol. The molecule has 3 rings (SSSR count). The number of likely N-dealkylation sites (tertiary alicyclic amines) is 1. The second-order valence-electron chi connectivity index (χ2n) is 6.02. The van der Waals surface area contributed by atoms with Crippen LogP contribution in [0.15, 0.2) is 12.3 Å². The number of nitrogens with zero attached hydrogens (tertiary/aromatic N) is 3. The lowest BCUT2D eigenvalue weighted by Gasteiger charge is -2.35. The van der Waals surface area contributed by atoms with Gasteiger partial charge in [-0.2, -0.15) is 5.10 Å². The second kappa shape index (κ2) is 6.36. The lowest BCUT2D eigenvalue weighted by atomic mass is 9.97. The highest BCUT2D eigenvalue weighted by atomic mass is 16.4. The fraction of sp³-hybridized carbons (Fsp3) is 0.500. The SMILES string of the molecule is Cc1[nH]nc2ncc(C(=O)N3CCCCC3CCC(=O)O)cc12. The molecule has 0 radical (unpaired) electrons. The van der Waals surface area contributed by atoms with Crippen LogP contribution >= 0.6 is 0 Å². The number of hydrogen-bond acceptors (Lipinski definition) is 4. The highest BCUT2D eigenvalue weighted by Gasteiger charge is 2.28. The van der Waals surface area contributed by atoms with Crippen molar-refractivity contribution in [2.45, 2.75) is 45.1 Å². The Morgan fingerprint density at radius 3 is 3.04 bits per heavy atom. The zero-order valence-corrected chi connectivity index (χ0v) is 13.1. The fourth-order valence-electron chi connectivity index (χ4n) is 3.16. The highest BCUT2D eigenvalue weighted by Crippen LogP contribution is 2.24. The molecular weight excluding hydrogens is 296 g/mol. The van der Waals surface area contributed by atoms with Crippen LogP contribution in [0.2, 0.25) is 0 Å². The summed E-state index contributed by atoms with van der Waals surface area (Å²) in [6.45, 7) is 2.56. The van der Waals surface area contributed by atoms with E-state index in [1.807, 2.05) is 17.9 Å². The molecule has 0 aliphatic carbocycles. The Bertz CT molecular complexity index is 740. The molecule has 2 aromatic heterocycles. The molecule has 1 aliphatic rings. The van der Waals surface area contributed by atoms with Crippen LogP contribution in [0.4, 0.5) is 0 Å². The topological polar surface area (TPSA) is 99.2 Å². The molecule has 1 atom stereocenters. The molecule has 1 saturated heterocycles. The molecule has 7 nitrogen and oxygen atoms in total. The average Bonchev–Trinajstić information content (AvgIpc) is 2.93. The van der Waals surface area contributed by atoms with Gasteiger partial charge in [0, 0.05) is 36.3 Å². The number of aromatic amines is 1. The van der Waals surface area contributed by atoms with Crippen LogP contribution in [0.25, 0.3) is 11.0 Å². The van der Waals surface area contributed by atoms with E-state index in [2.05, 4.69) is 15.2 Å². The monoisotopic (exact) mass is 316 g/mol. The molecule has 1 amide bonds. The molecule has 0 saturated carbocycles. The summed E-state index contributed by atoms with van der Waals surface area (Å²) >= 11 is 0. The molecule has 122 valence electrons. The van der Waals surface area contributed by atoms with Crippen molar-refractivity contribution in [3.63, 3.8) is 0 Å². The molecule has 1 fully saturated rings. The average molecular weight is 316 g/mol. The largest absolute Gasteiger partial charge is 0.481 e. The Hall–Kier alpha value is -2.44. The van der Waals surface area contributed by atoms with Gasteiger partial charge in [-0.15, -0.1) is 0 Å². The molecule has 7 heteroatoms. The predicted octanol–water partition coefficient (Wildman–Crippen LogP) is 2.13. The molecule has 0 bridgehead atoms. The number of amides is 1. The Kier molecular flexibility index (Phi) is 4.27. The number of rotatable bonds is 4. The van der Waals surface area contributed by atoms with E-state index in [4.69, 9.17) is 5.11 Å². The van der Waals surface area contributed by atoms with Crippen LogP contribution in [0.1, 0.15) is 48.2 Å². The maximum absolute atomic E-state index is 12.8. The van der Waals surface area contributed by atoms with Gasteiger partial charge in [0.15, 0.2) is 5.65 Å². The summed E-state index contributed by atoms with van der Waals surface area (Å²) in [5.74, 6) is -0.893. The van der Waals surface area contributed by atoms with Crippen LogP contribution < -0.4 is 0 Å². The Balaban J connectivity index is 1.83. The number of aryl methyl sites for hydroxylation is 1. The van der Waals surface area contributed by atoms with Gasteiger partial charge >= 0.3 is 5.97 Å². The summed E-state index contributed by atoms with van der Waals surface area (Å²) in [5.41, 5.74) is 2.01. The summed E-state index contributed by atoms with van der Waals surface area (Å²) in [5, 5.41) is 16.7. The summed E-state index contributed by atoms with van der Waals surface area (Å²) in [7, 11) is 0. The number of aliphatic carboxylic acids is 1. The minimum atomic E-state index is -0.819. The van der Waals surface area contributed by atoms with Gasteiger partial charge in [-0.25, -0.2) is 4.98 Å². The van der Waals surface area contributed by atoms with Gasteiger partial charge < -0.3 is 10.0 Å². The number of pyridine rings is 1. The smallest absolute Gasteiger partial charge is 0.303 e. The zero-order chi connectivity index (χ0) is 16.4. The van der Waals surface area contributed by atoms with Crippen LogP contribution in [0.5, 0.6) is 0 Å². The first-order valence-electron chi connectivity index (χ1n) is 7.89. The van der Waals surface area contributed by atoms with Gasteiger partial charge in [0.05, 0.1) is 5.56 Å². The first kappa shape index (κ1) is 15.5. The van der Waals surface area contributed by atoms with Crippen LogP contribution in [0, 0.1) is 6.92 Å². The normalized spacial score (nSPS) is 18.3. The van der Waals surface area contributed by atoms with Crippen molar-refractivity contribution < 1.29 is 14.7 Å². The summed E-state index contributed by atoms with van der Waals surface area (Å²) in [6.07, 6.45) is 4.99. The van der Waals surface area contributed by atoms with E-state index < -0.39 is 5.97 Å². The van der Waals surface area contributed by atoms with Crippen molar-refractivity contribution in [1.82, 2.24) is 20.1 Å². The number of aromatic nitrogens is 3. The van der Waals surface area contributed by atoms with Crippen molar-refractivity contribution in [1.29, 1.82) is 0 Å². The number of carbonyl (C=O) groups is 2. The van der Waals surface area contributed by atoms with E-state index in [1.165, 1.54) is 0 Å². The molecule has 0 aromatic carbocycles. The van der Waals surface area contributed by atoms with Crippen molar-refractivity contribution in [2.24, 2.45) is 0 Å². The van der Waals surface area contributed by atoms with Crippen molar-refractivity contribution in [3.05, 3.63) is 23.5 Å². The number of H-pyrrole nitrogens is 1. The van der Waals surface area contributed by atoms with Crippen LogP contribution in [-0.4, -0.2) is 49.7 Å². The van der Waals surface area contributed by atoms with E-state index in [-0.39, 0.29) is 18.4 Å². The van der Waals surface area contributed by atoms with Gasteiger partial charge in [-0.05, 0) is 38.7 Å². The number of nitrogens with one attached hydrogen (secondary N) is 1. The lowest BCUT2D eigenvalue weighted by Crippen LogP contribution is -2.44. The second-order valence-corrected chi connectivity index (χ2v) is 6.02. The third-order valence-corrected chi connectivity index (χ3v) is 4.43. The van der Waals surface area contributed by atoms with E-state index >= 15 is 0 Å². The highest BCUT2D eigenvalue weighted by molar-refractivity contribution is 5.97. The summed E-state index contributed by atoms with van der Waals surface area (Å²) in [4.78, 5) is 29.7. The Morgan fingerprint density at radius 1 is 1.43 bits per heavy atom. The molecule has 1 unspecified atom stereocenters. The molecule has 2 N–H and O–H groups in total. The summed E-state index contributed by atoms with van der Waals surface area (Å²) < 4.78 is 0. The standard InChI is InChI=1S/C16H20N4O3/c1-10-13-8-11(9-17-15(13)19-18-10)16(23)20-7-3-2-4-12(20)5-6-14(21)22/h8-9,12H,2-7H2,1H3,(H,21,22)(H,17,18,19). The number of carboxylic acids is 1. The van der Waals surface area contributed by atoms with Crippen molar-refractivity contribution in [2.75, 3.05) is 6.54 Å². The van der Waals surface area contributed by atoms with E-state index in [1.54, 1.807) is 6.20 Å². The summed E-state index contributed by atoms with van der Waals surface area (Å²) in [6, 6.07) is 1.81. The minimum absolute atomic E-state index is 0.00602. The quantitative estimate of drug-likeness (QED) is 0.900. The van der Waals surface area contributed by atoms with Crippen LogP contribution in [-0.2, 0) is 4.79 Å². The Labute approximate surface area is 133 Å². The van der Waals surface area contributed by atoms with Gasteiger partial charge in [-0.3, -0.25) is 14.7 Å². The number of piperidine rings is 1. The maximum atomic E-state index is 12.8. The van der Waals surface area contributed by atoms with Gasteiger partial charge in [0.25, 0.3) is 5.91 Å². The molecule has 2 aromatic rings. The van der Waals surface area contributed by atoms with Gasteiger partial charge in [0.1, 0.15) is 0 Å². The number of carbonyl (C=O) groups excluding carboxylic acids is 1. The number of fused-ring (bicyclic) bond motifs is 1. The fourth-order valence-corrected chi connectivity index (χ4v) is 3.16. The molecule has 3 heterocycles. The lowest BCUT2D eigenvalue weighted by molar-refractivity contribution is -0.137. The van der Waals surface area contributed by atoms with Gasteiger partial charge in [0.2, 0.25) is 0 Å². The first-order chi connectivity index (χ1) is 11.1. The molecular formula is C16H20N4O3. The molecule has 23 heavy (non-hydrogen) atoms. The first-order valence-corrected chi connectivity index (χ1v) is 7.89. The number of carboxylic acid groups (broad SMARTS) is 1. The third kappa shape index (κ3) is 3.18. The number of hydrogen-bond donors (Lipinski definition) is 2. The maximum Gasteiger partial charge on any atom is 0.303 e. The minimum Gasteiger partial charge on any atom is -0.481 e. The van der Waals surface area contributed by atoms with Crippen LogP contribution in [0.3, 0.4) is 0 Å². The van der Waals surface area contributed by atoms with E-state index in [9.17, 15) is 9.59 Å². The van der Waals surface area contributed by atoms with E-state index in [0.717, 1.165) is 30.3 Å². The van der Waals surface area contributed by atoms with Gasteiger partial charge in [-0.1, -0.05) is 0 Å². The van der Waals surface area contributed by atoms with E-state index in [0.29, 0.717) is 24.2 Å². The Morgan fingerprint density at radius 2 is 2.26 bits per heavy atom. The third-order valence-electron chi connectivity index (χ3n) is 4.43. The molecule has 1 aliphatic heterocycles. The molecule has 0 spiro atoms. The zero-order valence-electron chi connectivity index (χ0n) is 13.1. The van der Waals surface area contributed by atoms with Crippen molar-refractivity contribution in [3.8, 4) is 0 Å². The van der Waals surface area contributed by atoms with Crippen molar-refractivity contribution >= 4 is 22.9 Å².